The topological polar surface area (TPSA) is 72.8 Å². The van der Waals surface area contributed by atoms with Gasteiger partial charge in [0.2, 0.25) is 0 Å². The van der Waals surface area contributed by atoms with Crippen molar-refractivity contribution in [3.05, 3.63) is 0 Å². The summed E-state index contributed by atoms with van der Waals surface area (Å²) in [5.41, 5.74) is -0.979. The van der Waals surface area contributed by atoms with Crippen LogP contribution in [0.25, 0.3) is 0 Å². The quantitative estimate of drug-likeness (QED) is 0.534. The highest BCUT2D eigenvalue weighted by Gasteiger charge is 2.60. The van der Waals surface area contributed by atoms with Crippen LogP contribution in [0, 0.1) is 40.9 Å². The molecule has 5 heteroatoms. The molecule has 0 radical (unpaired) electrons. The molecule has 0 aliphatic heterocycles. The van der Waals surface area contributed by atoms with Crippen LogP contribution in [0.1, 0.15) is 78.1 Å². The summed E-state index contributed by atoms with van der Waals surface area (Å²) in [6.07, 6.45) is 9.61. The molecule has 4 fully saturated rings. The van der Waals surface area contributed by atoms with Crippen molar-refractivity contribution >= 4 is 11.8 Å². The summed E-state index contributed by atoms with van der Waals surface area (Å²) in [7, 11) is 1.68. The lowest BCUT2D eigenvalue weighted by Crippen LogP contribution is -2.57. The van der Waals surface area contributed by atoms with Crippen molar-refractivity contribution in [2.24, 2.45) is 40.9 Å². The zero-order valence-electron chi connectivity index (χ0n) is 19.0. The molecule has 0 heterocycles. The van der Waals surface area contributed by atoms with Crippen molar-refractivity contribution in [3.8, 4) is 0 Å². The zero-order valence-corrected chi connectivity index (χ0v) is 19.0. The van der Waals surface area contributed by atoms with E-state index in [9.17, 15) is 14.7 Å². The Hall–Kier alpha value is -0.940. The van der Waals surface area contributed by atoms with Crippen molar-refractivity contribution in [1.29, 1.82) is 0 Å². The standard InChI is InChI=1S/C25H40O5/c1-4-25-13-11-18-17-10-12-24(28,15-29-3)14-16(17)6-7-19(18)21(25)9-8-20(22(25)26)23(27)30-5-2/h16-21,28H,4-15H2,1-3H3/t16-,17+,18-,19-,20?,21+,24-,25+/m1/s1. The number of methoxy groups -OCH3 is 1. The van der Waals surface area contributed by atoms with Crippen LogP contribution in [0.2, 0.25) is 0 Å². The number of Topliss-reactive ketones (excluding diaryl/α,β-unsaturated/α-hetero) is 1. The molecule has 0 aromatic rings. The zero-order chi connectivity index (χ0) is 21.5. The second kappa shape index (κ2) is 8.54. The fraction of sp³-hybridized carbons (Fsp3) is 0.920. The fourth-order valence-electron chi connectivity index (χ4n) is 8.28. The van der Waals surface area contributed by atoms with Crippen molar-refractivity contribution in [2.45, 2.75) is 83.7 Å². The summed E-state index contributed by atoms with van der Waals surface area (Å²) in [4.78, 5) is 26.0. The minimum absolute atomic E-state index is 0.179. The number of fused-ring (bicyclic) bond motifs is 5. The van der Waals surface area contributed by atoms with Crippen LogP contribution in [0.3, 0.4) is 0 Å². The fourth-order valence-corrected chi connectivity index (χ4v) is 8.28. The molecule has 30 heavy (non-hydrogen) atoms. The Balaban J connectivity index is 1.52. The summed E-state index contributed by atoms with van der Waals surface area (Å²) in [6.45, 7) is 4.74. The van der Waals surface area contributed by atoms with Gasteiger partial charge in [0.1, 0.15) is 5.92 Å². The normalized spacial score (nSPS) is 45.8. The highest BCUT2D eigenvalue weighted by molar-refractivity contribution is 6.02. The number of hydrogen-bond donors (Lipinski definition) is 1. The lowest BCUT2D eigenvalue weighted by Gasteiger charge is -2.59. The maximum absolute atomic E-state index is 13.6. The summed E-state index contributed by atoms with van der Waals surface area (Å²) >= 11 is 0. The Morgan fingerprint density at radius 1 is 1.03 bits per heavy atom. The molecule has 1 N–H and O–H groups in total. The molecule has 0 aromatic heterocycles. The number of ketones is 1. The summed E-state index contributed by atoms with van der Waals surface area (Å²) in [6, 6.07) is 0. The van der Waals surface area contributed by atoms with Gasteiger partial charge in [0.05, 0.1) is 18.8 Å². The third-order valence-corrected chi connectivity index (χ3v) is 9.50. The van der Waals surface area contributed by atoms with Gasteiger partial charge in [-0.05, 0) is 101 Å². The van der Waals surface area contributed by atoms with E-state index >= 15 is 0 Å². The van der Waals surface area contributed by atoms with E-state index < -0.39 is 11.5 Å². The third kappa shape index (κ3) is 3.54. The molecule has 4 rings (SSSR count). The monoisotopic (exact) mass is 420 g/mol. The van der Waals surface area contributed by atoms with E-state index in [1.807, 2.05) is 6.92 Å². The second-order valence-electron chi connectivity index (χ2n) is 10.6. The second-order valence-corrected chi connectivity index (χ2v) is 10.6. The van der Waals surface area contributed by atoms with Crippen molar-refractivity contribution in [3.63, 3.8) is 0 Å². The molecule has 0 amide bonds. The molecule has 4 saturated carbocycles. The molecule has 170 valence electrons. The lowest BCUT2D eigenvalue weighted by molar-refractivity contribution is -0.170. The minimum atomic E-state index is -0.655. The highest BCUT2D eigenvalue weighted by Crippen LogP contribution is 2.62. The van der Waals surface area contributed by atoms with Gasteiger partial charge in [0.25, 0.3) is 0 Å². The van der Waals surface area contributed by atoms with Gasteiger partial charge in [0, 0.05) is 12.5 Å². The van der Waals surface area contributed by atoms with E-state index in [4.69, 9.17) is 9.47 Å². The van der Waals surface area contributed by atoms with E-state index in [2.05, 4.69) is 6.92 Å². The largest absolute Gasteiger partial charge is 0.465 e. The van der Waals surface area contributed by atoms with E-state index in [-0.39, 0.29) is 17.2 Å². The Morgan fingerprint density at radius 3 is 2.50 bits per heavy atom. The average Bonchev–Trinajstić information content (AvgIpc) is 2.73. The first-order chi connectivity index (χ1) is 14.4. The first-order valence-electron chi connectivity index (χ1n) is 12.3. The van der Waals surface area contributed by atoms with Crippen molar-refractivity contribution < 1.29 is 24.2 Å². The molecule has 4 aliphatic carbocycles. The van der Waals surface area contributed by atoms with E-state index in [0.717, 1.165) is 51.4 Å². The average molecular weight is 421 g/mol. The maximum Gasteiger partial charge on any atom is 0.316 e. The molecule has 4 aliphatic rings. The number of hydrogen-bond acceptors (Lipinski definition) is 5. The summed E-state index contributed by atoms with van der Waals surface area (Å²) in [5.74, 6) is 2.28. The molecule has 5 nitrogen and oxygen atoms in total. The number of ether oxygens (including phenoxy) is 2. The van der Waals surface area contributed by atoms with Crippen LogP contribution in [-0.4, -0.2) is 42.8 Å². The van der Waals surface area contributed by atoms with Gasteiger partial charge in [-0.15, -0.1) is 0 Å². The van der Waals surface area contributed by atoms with Gasteiger partial charge in [-0.1, -0.05) is 6.92 Å². The Kier molecular flexibility index (Phi) is 6.33. The molecular weight excluding hydrogens is 380 g/mol. The van der Waals surface area contributed by atoms with Crippen LogP contribution in [0.5, 0.6) is 0 Å². The SMILES string of the molecule is CCOC(=O)C1CC[C@H]2[C@@H]3CC[C@@H]4C[C@@](O)(COC)CC[C@@H]4[C@H]3CC[C@]2(CC)C1=O. The summed E-state index contributed by atoms with van der Waals surface area (Å²) in [5, 5.41) is 10.9. The minimum Gasteiger partial charge on any atom is -0.465 e. The predicted molar refractivity (Wildman–Crippen MR) is 114 cm³/mol. The van der Waals surface area contributed by atoms with Gasteiger partial charge in [0.15, 0.2) is 5.78 Å². The Morgan fingerprint density at radius 2 is 1.80 bits per heavy atom. The van der Waals surface area contributed by atoms with Crippen LogP contribution in [0.4, 0.5) is 0 Å². The van der Waals surface area contributed by atoms with Gasteiger partial charge in [-0.2, -0.15) is 0 Å². The Labute approximate surface area is 181 Å². The molecule has 0 bridgehead atoms. The smallest absolute Gasteiger partial charge is 0.316 e. The van der Waals surface area contributed by atoms with E-state index in [0.29, 0.717) is 49.2 Å². The number of aliphatic hydroxyl groups is 1. The Bertz CT molecular complexity index is 662. The van der Waals surface area contributed by atoms with Crippen molar-refractivity contribution in [1.82, 2.24) is 0 Å². The third-order valence-electron chi connectivity index (χ3n) is 9.50. The van der Waals surface area contributed by atoms with E-state index in [1.54, 1.807) is 7.11 Å². The van der Waals surface area contributed by atoms with Gasteiger partial charge < -0.3 is 14.6 Å². The van der Waals surface area contributed by atoms with Crippen LogP contribution < -0.4 is 0 Å². The highest BCUT2D eigenvalue weighted by atomic mass is 16.5. The summed E-state index contributed by atoms with van der Waals surface area (Å²) < 4.78 is 10.5. The van der Waals surface area contributed by atoms with Crippen LogP contribution in [0.15, 0.2) is 0 Å². The van der Waals surface area contributed by atoms with E-state index in [1.165, 1.54) is 6.42 Å². The van der Waals surface area contributed by atoms with Gasteiger partial charge >= 0.3 is 5.97 Å². The number of rotatable bonds is 5. The molecule has 8 atom stereocenters. The van der Waals surface area contributed by atoms with Gasteiger partial charge in [-0.25, -0.2) is 0 Å². The first kappa shape index (κ1) is 22.3. The molecule has 0 saturated heterocycles. The van der Waals surface area contributed by atoms with Crippen LogP contribution >= 0.6 is 0 Å². The lowest BCUT2D eigenvalue weighted by atomic mass is 9.44. The molecule has 0 spiro atoms. The molecule has 0 aromatic carbocycles. The first-order valence-corrected chi connectivity index (χ1v) is 12.3. The number of esters is 1. The molecule has 1 unspecified atom stereocenters. The predicted octanol–water partition coefficient (Wildman–Crippen LogP) is 4.16. The number of carbonyl (C=O) groups excluding carboxylic acids is 2. The molecular formula is C25H40O5. The van der Waals surface area contributed by atoms with Crippen molar-refractivity contribution in [2.75, 3.05) is 20.3 Å². The van der Waals surface area contributed by atoms with Crippen LogP contribution in [-0.2, 0) is 19.1 Å². The van der Waals surface area contributed by atoms with Gasteiger partial charge in [-0.3, -0.25) is 9.59 Å². The number of carbonyl (C=O) groups is 2. The maximum atomic E-state index is 13.6.